The molecule has 34 heavy (non-hydrogen) atoms. The first-order chi connectivity index (χ1) is 16.3. The summed E-state index contributed by atoms with van der Waals surface area (Å²) in [7, 11) is 3.15. The number of alkyl halides is 3. The Hall–Kier alpha value is -3.41. The number of halogens is 3. The fourth-order valence-corrected chi connectivity index (χ4v) is 4.37. The van der Waals surface area contributed by atoms with Crippen molar-refractivity contribution in [2.24, 2.45) is 0 Å². The van der Waals surface area contributed by atoms with Gasteiger partial charge in [-0.3, -0.25) is 0 Å². The highest BCUT2D eigenvalue weighted by Crippen LogP contribution is 2.34. The van der Waals surface area contributed by atoms with E-state index in [-0.39, 0.29) is 24.8 Å². The van der Waals surface area contributed by atoms with E-state index in [0.717, 1.165) is 11.1 Å². The van der Waals surface area contributed by atoms with E-state index in [2.05, 4.69) is 25.7 Å². The molecule has 180 valence electrons. The largest absolute Gasteiger partial charge is 0.479 e. The average Bonchev–Trinajstić information content (AvgIpc) is 3.43. The van der Waals surface area contributed by atoms with Gasteiger partial charge in [-0.1, -0.05) is 11.3 Å². The molecule has 1 aromatic carbocycles. The molecule has 1 aliphatic heterocycles. The first-order valence-corrected chi connectivity index (χ1v) is 11.0. The summed E-state index contributed by atoms with van der Waals surface area (Å²) in [5, 5.41) is 15.4. The van der Waals surface area contributed by atoms with Crippen LogP contribution in [0.2, 0.25) is 0 Å². The van der Waals surface area contributed by atoms with Crippen LogP contribution < -0.4 is 10.1 Å². The smallest absolute Gasteiger partial charge is 0.280 e. The summed E-state index contributed by atoms with van der Waals surface area (Å²) in [6.07, 6.45) is 1.99. The number of fused-ring (bicyclic) bond motifs is 2. The van der Waals surface area contributed by atoms with Crippen LogP contribution in [0.15, 0.2) is 30.5 Å². The molecule has 3 aromatic heterocycles. The number of nitrogens with zero attached hydrogens (tertiary/aromatic N) is 7. The van der Waals surface area contributed by atoms with Crippen LogP contribution in [0.4, 0.5) is 19.1 Å². The molecule has 1 aliphatic rings. The van der Waals surface area contributed by atoms with E-state index in [9.17, 15) is 13.2 Å². The number of likely N-dealkylation sites (tertiary alicyclic amines) is 1. The fraction of sp³-hybridized carbons (Fsp3) is 0.455. The van der Waals surface area contributed by atoms with Crippen molar-refractivity contribution in [2.45, 2.75) is 31.4 Å². The zero-order valence-electron chi connectivity index (χ0n) is 19.0. The summed E-state index contributed by atoms with van der Waals surface area (Å²) in [5.41, 5.74) is 3.52. The number of piperidine rings is 1. The molecular weight excluding hydrogens is 449 g/mol. The average molecular weight is 474 g/mol. The first-order valence-electron chi connectivity index (χ1n) is 11.0. The number of ether oxygens (including phenoxy) is 1. The Labute approximate surface area is 193 Å². The lowest BCUT2D eigenvalue weighted by molar-refractivity contribution is -0.0675. The molecule has 9 nitrogen and oxygen atoms in total. The Morgan fingerprint density at radius 3 is 2.85 bits per heavy atom. The minimum atomic E-state index is -2.91. The highest BCUT2D eigenvalue weighted by molar-refractivity contribution is 5.89. The normalized spacial score (nSPS) is 19.5. The Kier molecular flexibility index (Phi) is 5.54. The van der Waals surface area contributed by atoms with E-state index in [4.69, 9.17) is 4.74 Å². The summed E-state index contributed by atoms with van der Waals surface area (Å²) in [5.74, 6) is -2.60. The van der Waals surface area contributed by atoms with E-state index in [1.165, 1.54) is 7.11 Å². The van der Waals surface area contributed by atoms with Crippen molar-refractivity contribution in [3.8, 4) is 17.0 Å². The summed E-state index contributed by atoms with van der Waals surface area (Å²) < 4.78 is 50.9. The number of benzene rings is 1. The predicted molar refractivity (Wildman–Crippen MR) is 121 cm³/mol. The number of rotatable bonds is 6. The van der Waals surface area contributed by atoms with E-state index in [1.54, 1.807) is 34.3 Å². The van der Waals surface area contributed by atoms with Gasteiger partial charge in [0.25, 0.3) is 5.92 Å². The summed E-state index contributed by atoms with van der Waals surface area (Å²) in [6.45, 7) is 1.39. The van der Waals surface area contributed by atoms with Gasteiger partial charge in [-0.25, -0.2) is 22.4 Å². The van der Waals surface area contributed by atoms with Gasteiger partial charge in [-0.15, -0.1) is 10.2 Å². The molecular formula is C22H25F3N8O. The highest BCUT2D eigenvalue weighted by atomic mass is 19.3. The van der Waals surface area contributed by atoms with Gasteiger partial charge in [-0.2, -0.15) is 4.98 Å². The molecule has 4 aromatic rings. The van der Waals surface area contributed by atoms with Crippen molar-refractivity contribution in [3.63, 3.8) is 0 Å². The molecule has 0 saturated carbocycles. The van der Waals surface area contributed by atoms with Gasteiger partial charge in [0.15, 0.2) is 0 Å². The minimum absolute atomic E-state index is 0.0650. The van der Waals surface area contributed by atoms with Crippen molar-refractivity contribution in [1.82, 2.24) is 34.5 Å². The van der Waals surface area contributed by atoms with Crippen molar-refractivity contribution >= 4 is 22.5 Å². The van der Waals surface area contributed by atoms with E-state index in [0.29, 0.717) is 23.1 Å². The Morgan fingerprint density at radius 1 is 1.29 bits per heavy atom. The summed E-state index contributed by atoms with van der Waals surface area (Å²) in [4.78, 5) is 5.98. The number of aromatic nitrogens is 6. The molecule has 0 bridgehead atoms. The Morgan fingerprint density at radius 2 is 2.12 bits per heavy atom. The number of methoxy groups -OCH3 is 1. The molecule has 2 atom stereocenters. The number of hydrogen-bond donors (Lipinski definition) is 1. The minimum Gasteiger partial charge on any atom is -0.479 e. The van der Waals surface area contributed by atoms with Crippen LogP contribution in [0, 0.1) is 0 Å². The highest BCUT2D eigenvalue weighted by Gasteiger charge is 2.44. The molecule has 0 spiro atoms. The lowest BCUT2D eigenvalue weighted by Gasteiger charge is -2.36. The zero-order valence-corrected chi connectivity index (χ0v) is 19.0. The van der Waals surface area contributed by atoms with Crippen LogP contribution >= 0.6 is 0 Å². The van der Waals surface area contributed by atoms with Gasteiger partial charge in [0.1, 0.15) is 17.7 Å². The maximum atomic E-state index is 14.5. The third kappa shape index (κ3) is 3.81. The summed E-state index contributed by atoms with van der Waals surface area (Å²) in [6, 6.07) is 5.88. The van der Waals surface area contributed by atoms with Crippen LogP contribution in [0.1, 0.15) is 19.4 Å². The van der Waals surface area contributed by atoms with Crippen LogP contribution in [0.5, 0.6) is 5.88 Å². The van der Waals surface area contributed by atoms with Gasteiger partial charge in [0.2, 0.25) is 11.8 Å². The second kappa shape index (κ2) is 8.42. The van der Waals surface area contributed by atoms with Gasteiger partial charge in [-0.05, 0) is 44.2 Å². The van der Waals surface area contributed by atoms with E-state index in [1.807, 2.05) is 24.3 Å². The molecule has 1 fully saturated rings. The molecule has 12 heteroatoms. The van der Waals surface area contributed by atoms with Crippen molar-refractivity contribution < 1.29 is 17.9 Å². The van der Waals surface area contributed by atoms with Gasteiger partial charge >= 0.3 is 0 Å². The molecule has 1 N–H and O–H groups in total. The molecule has 0 unspecified atom stereocenters. The molecule has 0 aliphatic carbocycles. The lowest BCUT2D eigenvalue weighted by Crippen LogP contribution is -2.53. The van der Waals surface area contributed by atoms with Gasteiger partial charge in [0.05, 0.1) is 31.3 Å². The van der Waals surface area contributed by atoms with Crippen LogP contribution in [0.3, 0.4) is 0 Å². The monoisotopic (exact) mass is 474 g/mol. The van der Waals surface area contributed by atoms with Gasteiger partial charge < -0.3 is 15.0 Å². The zero-order chi connectivity index (χ0) is 24.0. The molecule has 5 rings (SSSR count). The third-order valence-corrected chi connectivity index (χ3v) is 6.19. The van der Waals surface area contributed by atoms with Crippen molar-refractivity contribution in [2.75, 3.05) is 39.2 Å². The predicted octanol–water partition coefficient (Wildman–Crippen LogP) is 3.43. The van der Waals surface area contributed by atoms with Gasteiger partial charge in [0, 0.05) is 18.3 Å². The lowest BCUT2D eigenvalue weighted by atomic mass is 10.0. The fourth-order valence-electron chi connectivity index (χ4n) is 4.37. The number of nitrogens with one attached hydrogen (secondary N) is 1. The SMILES string of the molecule is COc1nc(N[C@@H]2CCN(C)CC2(F)F)nn2ccc(-c3ccc4nnn([C@H](C)CF)c4c3)c12. The maximum absolute atomic E-state index is 14.5. The maximum Gasteiger partial charge on any atom is 0.280 e. The standard InChI is InChI=1S/C22H25F3N8O/c1-13(11-23)33-17-10-14(4-5-16(17)28-30-33)15-6-9-32-19(15)20(34-3)27-21(29-32)26-18-7-8-31(2)12-22(18,24)25/h4-6,9-10,13,18H,7-8,11-12H2,1-3H3,(H,26,29)/t13-,18-/m1/s1. The van der Waals surface area contributed by atoms with Crippen molar-refractivity contribution in [3.05, 3.63) is 30.5 Å². The quantitative estimate of drug-likeness (QED) is 0.458. The van der Waals surface area contributed by atoms with E-state index < -0.39 is 24.7 Å². The van der Waals surface area contributed by atoms with Crippen LogP contribution in [-0.2, 0) is 0 Å². The number of anilines is 1. The second-order valence-electron chi connectivity index (χ2n) is 8.69. The molecule has 0 radical (unpaired) electrons. The molecule has 0 amide bonds. The van der Waals surface area contributed by atoms with E-state index >= 15 is 0 Å². The first kappa shape index (κ1) is 22.4. The third-order valence-electron chi connectivity index (χ3n) is 6.19. The number of hydrogen-bond acceptors (Lipinski definition) is 7. The molecule has 1 saturated heterocycles. The van der Waals surface area contributed by atoms with Crippen LogP contribution in [0.25, 0.3) is 27.7 Å². The molecule has 4 heterocycles. The van der Waals surface area contributed by atoms with Crippen molar-refractivity contribution in [1.29, 1.82) is 0 Å². The van der Waals surface area contributed by atoms with Crippen LogP contribution in [-0.4, -0.2) is 80.4 Å². The Bertz CT molecular complexity index is 1340. The Balaban J connectivity index is 1.53. The summed E-state index contributed by atoms with van der Waals surface area (Å²) >= 11 is 0. The topological polar surface area (TPSA) is 85.4 Å². The second-order valence-corrected chi connectivity index (χ2v) is 8.69.